The molecule has 0 spiro atoms. The third-order valence-electron chi connectivity index (χ3n) is 6.83. The molecule has 0 saturated heterocycles. The maximum Gasteiger partial charge on any atom is 0.338 e. The SMILES string of the molecule is CCOC(=O)C1=C(C)N=c2s/c(=C\c3ccc(OCc4ccc(Cl)cc4Cl)cc3)c(=O)n2[C@@H]1c1ccc(OC)c(OC)c1. The number of aromatic nitrogens is 1. The van der Waals surface area contributed by atoms with Gasteiger partial charge in [-0.15, -0.1) is 0 Å². The fourth-order valence-electron chi connectivity index (χ4n) is 4.74. The van der Waals surface area contributed by atoms with Crippen LogP contribution in [0.2, 0.25) is 10.0 Å². The van der Waals surface area contributed by atoms with Crippen LogP contribution in [0.5, 0.6) is 17.2 Å². The van der Waals surface area contributed by atoms with Gasteiger partial charge in [0.15, 0.2) is 16.3 Å². The summed E-state index contributed by atoms with van der Waals surface area (Å²) < 4.78 is 24.2. The summed E-state index contributed by atoms with van der Waals surface area (Å²) in [5, 5.41) is 1.10. The Morgan fingerprint density at radius 1 is 1.02 bits per heavy atom. The molecule has 222 valence electrons. The van der Waals surface area contributed by atoms with Gasteiger partial charge in [0.2, 0.25) is 0 Å². The number of hydrogen-bond acceptors (Lipinski definition) is 8. The molecule has 0 bridgehead atoms. The van der Waals surface area contributed by atoms with Crippen LogP contribution in [0.4, 0.5) is 0 Å². The molecule has 0 amide bonds. The van der Waals surface area contributed by atoms with E-state index in [9.17, 15) is 9.59 Å². The zero-order valence-corrected chi connectivity index (χ0v) is 26.2. The quantitative estimate of drug-likeness (QED) is 0.219. The highest BCUT2D eigenvalue weighted by Gasteiger charge is 2.34. The molecule has 0 aliphatic carbocycles. The number of carbonyl (C=O) groups is 1. The van der Waals surface area contributed by atoms with E-state index >= 15 is 0 Å². The summed E-state index contributed by atoms with van der Waals surface area (Å²) in [6, 6.07) is 17.2. The molecule has 0 fully saturated rings. The third kappa shape index (κ3) is 6.34. The van der Waals surface area contributed by atoms with Crippen molar-refractivity contribution in [3.8, 4) is 17.2 Å². The molecule has 5 rings (SSSR count). The minimum atomic E-state index is -0.771. The molecular formula is C32H28Cl2N2O6S. The summed E-state index contributed by atoms with van der Waals surface area (Å²) in [5.41, 5.74) is 2.76. The Hall–Kier alpha value is -4.05. The van der Waals surface area contributed by atoms with Crippen molar-refractivity contribution in [2.75, 3.05) is 20.8 Å². The predicted molar refractivity (Wildman–Crippen MR) is 167 cm³/mol. The fraction of sp³-hybridized carbons (Fsp3) is 0.219. The zero-order valence-electron chi connectivity index (χ0n) is 23.9. The molecule has 0 unspecified atom stereocenters. The molecule has 0 radical (unpaired) electrons. The number of carbonyl (C=O) groups excluding carboxylic acids is 1. The normalized spacial score (nSPS) is 14.7. The molecule has 4 aromatic rings. The highest BCUT2D eigenvalue weighted by Crippen LogP contribution is 2.36. The van der Waals surface area contributed by atoms with Crippen LogP contribution in [0.3, 0.4) is 0 Å². The summed E-state index contributed by atoms with van der Waals surface area (Å²) in [7, 11) is 3.08. The van der Waals surface area contributed by atoms with Gasteiger partial charge in [-0.25, -0.2) is 9.79 Å². The van der Waals surface area contributed by atoms with Crippen molar-refractivity contribution in [1.29, 1.82) is 0 Å². The topological polar surface area (TPSA) is 88.4 Å². The van der Waals surface area contributed by atoms with Gasteiger partial charge >= 0.3 is 5.97 Å². The van der Waals surface area contributed by atoms with E-state index in [1.54, 1.807) is 57.4 Å². The fourth-order valence-corrected chi connectivity index (χ4v) is 6.25. The Morgan fingerprint density at radius 2 is 1.77 bits per heavy atom. The first-order chi connectivity index (χ1) is 20.7. The van der Waals surface area contributed by atoms with Crippen LogP contribution in [0, 0.1) is 0 Å². The van der Waals surface area contributed by atoms with Crippen LogP contribution >= 0.6 is 34.5 Å². The molecule has 0 saturated carbocycles. The zero-order chi connectivity index (χ0) is 30.7. The lowest BCUT2D eigenvalue weighted by Crippen LogP contribution is -2.39. The molecule has 1 aliphatic heterocycles. The molecule has 1 aromatic heterocycles. The van der Waals surface area contributed by atoms with E-state index in [-0.39, 0.29) is 24.3 Å². The van der Waals surface area contributed by atoms with Gasteiger partial charge in [0.1, 0.15) is 12.4 Å². The number of methoxy groups -OCH3 is 2. The van der Waals surface area contributed by atoms with E-state index in [0.29, 0.717) is 47.9 Å². The van der Waals surface area contributed by atoms with Crippen molar-refractivity contribution in [3.05, 3.63) is 118 Å². The molecule has 8 nitrogen and oxygen atoms in total. The van der Waals surface area contributed by atoms with Gasteiger partial charge in [-0.05, 0) is 67.4 Å². The van der Waals surface area contributed by atoms with Crippen molar-refractivity contribution in [1.82, 2.24) is 4.57 Å². The van der Waals surface area contributed by atoms with Gasteiger partial charge in [0, 0.05) is 15.6 Å². The number of benzene rings is 3. The van der Waals surface area contributed by atoms with Gasteiger partial charge in [-0.2, -0.15) is 0 Å². The first kappa shape index (κ1) is 30.4. The average Bonchev–Trinajstić information content (AvgIpc) is 3.30. The van der Waals surface area contributed by atoms with E-state index in [1.165, 1.54) is 23.0 Å². The Labute approximate surface area is 262 Å². The van der Waals surface area contributed by atoms with E-state index in [1.807, 2.05) is 30.3 Å². The summed E-state index contributed by atoms with van der Waals surface area (Å²) >= 11 is 13.5. The van der Waals surface area contributed by atoms with Gasteiger partial charge in [0.25, 0.3) is 5.56 Å². The first-order valence-corrected chi connectivity index (χ1v) is 14.9. The van der Waals surface area contributed by atoms with Crippen LogP contribution in [0.25, 0.3) is 6.08 Å². The number of nitrogens with zero attached hydrogens (tertiary/aromatic N) is 2. The summed E-state index contributed by atoms with van der Waals surface area (Å²) in [6.07, 6.45) is 1.79. The van der Waals surface area contributed by atoms with E-state index in [4.69, 9.17) is 42.1 Å². The van der Waals surface area contributed by atoms with Crippen molar-refractivity contribution in [3.63, 3.8) is 0 Å². The van der Waals surface area contributed by atoms with Crippen molar-refractivity contribution >= 4 is 46.6 Å². The minimum absolute atomic E-state index is 0.186. The Bertz CT molecular complexity index is 1900. The predicted octanol–water partition coefficient (Wildman–Crippen LogP) is 5.70. The maximum atomic E-state index is 13.9. The lowest BCUT2D eigenvalue weighted by Gasteiger charge is -2.25. The summed E-state index contributed by atoms with van der Waals surface area (Å²) in [5.74, 6) is 1.11. The summed E-state index contributed by atoms with van der Waals surface area (Å²) in [6.45, 7) is 3.95. The number of thiazole rings is 1. The lowest BCUT2D eigenvalue weighted by atomic mass is 9.95. The average molecular weight is 640 g/mol. The van der Waals surface area contributed by atoms with Gasteiger partial charge < -0.3 is 18.9 Å². The van der Waals surface area contributed by atoms with Crippen LogP contribution in [-0.4, -0.2) is 31.4 Å². The van der Waals surface area contributed by atoms with Crippen LogP contribution in [0.1, 0.15) is 36.6 Å². The van der Waals surface area contributed by atoms with Gasteiger partial charge in [-0.3, -0.25) is 9.36 Å². The molecule has 2 heterocycles. The number of ether oxygens (including phenoxy) is 4. The van der Waals surface area contributed by atoms with E-state index < -0.39 is 12.0 Å². The van der Waals surface area contributed by atoms with E-state index in [0.717, 1.165) is 11.1 Å². The minimum Gasteiger partial charge on any atom is -0.493 e. The Morgan fingerprint density at radius 3 is 2.44 bits per heavy atom. The molecule has 43 heavy (non-hydrogen) atoms. The Balaban J connectivity index is 1.51. The monoisotopic (exact) mass is 638 g/mol. The number of hydrogen-bond donors (Lipinski definition) is 0. The van der Waals surface area contributed by atoms with Crippen LogP contribution < -0.4 is 29.1 Å². The number of esters is 1. The highest BCUT2D eigenvalue weighted by molar-refractivity contribution is 7.07. The van der Waals surface area contributed by atoms with Crippen molar-refractivity contribution in [2.24, 2.45) is 4.99 Å². The second-order valence-electron chi connectivity index (χ2n) is 9.51. The lowest BCUT2D eigenvalue weighted by molar-refractivity contribution is -0.139. The molecule has 1 aliphatic rings. The molecule has 0 N–H and O–H groups in total. The number of fused-ring (bicyclic) bond motifs is 1. The summed E-state index contributed by atoms with van der Waals surface area (Å²) in [4.78, 5) is 32.2. The standard InChI is InChI=1S/C32H28Cl2N2O6S/c1-5-41-31(38)28-18(2)35-32-36(29(28)20-9-13-25(39-3)26(15-20)40-4)30(37)27(43-32)14-19-6-11-23(12-7-19)42-17-21-8-10-22(33)16-24(21)34/h6-16,29H,5,17H2,1-4H3/b27-14-/t29-/m1/s1. The molecular weight excluding hydrogens is 611 g/mol. The van der Waals surface area contributed by atoms with Crippen molar-refractivity contribution in [2.45, 2.75) is 26.5 Å². The maximum absolute atomic E-state index is 13.9. The van der Waals surface area contributed by atoms with E-state index in [2.05, 4.69) is 4.99 Å². The highest BCUT2D eigenvalue weighted by atomic mass is 35.5. The second-order valence-corrected chi connectivity index (χ2v) is 11.4. The molecule has 3 aromatic carbocycles. The first-order valence-electron chi connectivity index (χ1n) is 13.3. The number of rotatable bonds is 9. The number of allylic oxidation sites excluding steroid dienone is 1. The van der Waals surface area contributed by atoms with Gasteiger partial charge in [0.05, 0.1) is 42.7 Å². The third-order valence-corrected chi connectivity index (χ3v) is 8.40. The Kier molecular flexibility index (Phi) is 9.25. The smallest absolute Gasteiger partial charge is 0.338 e. The molecule has 11 heteroatoms. The molecule has 1 atom stereocenters. The van der Waals surface area contributed by atoms with Crippen LogP contribution in [0.15, 0.2) is 81.7 Å². The van der Waals surface area contributed by atoms with Gasteiger partial charge in [-0.1, -0.05) is 58.8 Å². The largest absolute Gasteiger partial charge is 0.493 e. The van der Waals surface area contributed by atoms with Crippen molar-refractivity contribution < 1.29 is 23.7 Å². The number of halogens is 2. The van der Waals surface area contributed by atoms with Crippen LogP contribution in [-0.2, 0) is 16.1 Å². The second kappa shape index (κ2) is 13.1.